The van der Waals surface area contributed by atoms with Crippen molar-refractivity contribution in [2.24, 2.45) is 23.2 Å². The van der Waals surface area contributed by atoms with Gasteiger partial charge in [-0.3, -0.25) is 4.55 Å². The summed E-state index contributed by atoms with van der Waals surface area (Å²) in [6.07, 6.45) is 2.86. The highest BCUT2D eigenvalue weighted by Gasteiger charge is 2.60. The van der Waals surface area contributed by atoms with Gasteiger partial charge in [-0.25, -0.2) is 4.79 Å². The molecule has 4 bridgehead atoms. The Kier molecular flexibility index (Phi) is 5.43. The lowest BCUT2D eigenvalue weighted by Gasteiger charge is -2.59. The van der Waals surface area contributed by atoms with Crippen LogP contribution in [0.1, 0.15) is 52.9 Å². The first-order chi connectivity index (χ1) is 13.1. The number of alkyl halides is 2. The zero-order chi connectivity index (χ0) is 21.8. The normalized spacial score (nSPS) is 34.0. The Morgan fingerprint density at radius 2 is 1.72 bits per heavy atom. The van der Waals surface area contributed by atoms with Gasteiger partial charge in [0.05, 0.1) is 6.61 Å². The summed E-state index contributed by atoms with van der Waals surface area (Å²) in [4.78, 5) is 11.8. The molecule has 2 atom stereocenters. The number of hydrogen-bond acceptors (Lipinski definition) is 6. The van der Waals surface area contributed by atoms with Crippen molar-refractivity contribution in [3.8, 4) is 0 Å². The minimum Gasteiger partial charge on any atom is -0.465 e. The van der Waals surface area contributed by atoms with Crippen molar-refractivity contribution in [2.75, 3.05) is 6.61 Å². The molecule has 0 saturated heterocycles. The number of hydrogen-bond donors (Lipinski definition) is 1. The minimum atomic E-state index is -5.87. The lowest BCUT2D eigenvalue weighted by atomic mass is 9.49. The number of esters is 1. The van der Waals surface area contributed by atoms with Gasteiger partial charge in [-0.05, 0) is 77.2 Å². The van der Waals surface area contributed by atoms with Crippen molar-refractivity contribution in [3.63, 3.8) is 0 Å². The summed E-state index contributed by atoms with van der Waals surface area (Å²) >= 11 is 0. The lowest BCUT2D eigenvalue weighted by Crippen LogP contribution is -2.57. The fraction of sp³-hybridized carbons (Fsp3) is 0.842. The first kappa shape index (κ1) is 22.3. The molecule has 0 aromatic rings. The Morgan fingerprint density at radius 1 is 1.17 bits per heavy atom. The third kappa shape index (κ3) is 4.52. The van der Waals surface area contributed by atoms with Gasteiger partial charge in [0.1, 0.15) is 11.7 Å². The SMILES string of the molecule is C=C(OCC12CC3CC(C1)C(OC(=O)C(F)(F)S(=O)(=O)O)C(C3)C2)OC(C)(C)C. The van der Waals surface area contributed by atoms with Crippen molar-refractivity contribution in [1.82, 2.24) is 0 Å². The van der Waals surface area contributed by atoms with Gasteiger partial charge in [-0.15, -0.1) is 0 Å². The Bertz CT molecular complexity index is 771. The summed E-state index contributed by atoms with van der Waals surface area (Å²) in [6.45, 7) is 9.81. The van der Waals surface area contributed by atoms with Crippen LogP contribution in [0, 0.1) is 23.2 Å². The van der Waals surface area contributed by atoms with Gasteiger partial charge >= 0.3 is 21.3 Å². The molecule has 0 heterocycles. The molecule has 4 aliphatic carbocycles. The highest BCUT2D eigenvalue weighted by Crippen LogP contribution is 2.61. The van der Waals surface area contributed by atoms with E-state index in [2.05, 4.69) is 6.58 Å². The Labute approximate surface area is 169 Å². The zero-order valence-corrected chi connectivity index (χ0v) is 17.6. The Hall–Kier alpha value is -1.42. The second-order valence-electron chi connectivity index (χ2n) is 9.71. The zero-order valence-electron chi connectivity index (χ0n) is 16.8. The molecule has 0 aromatic heterocycles. The molecule has 0 radical (unpaired) electrons. The van der Waals surface area contributed by atoms with Crippen LogP contribution in [-0.2, 0) is 29.1 Å². The van der Waals surface area contributed by atoms with Gasteiger partial charge in [0, 0.05) is 5.41 Å². The summed E-state index contributed by atoms with van der Waals surface area (Å²) in [5.74, 6) is -1.91. The number of rotatable bonds is 7. The summed E-state index contributed by atoms with van der Waals surface area (Å²) in [7, 11) is -5.87. The highest BCUT2D eigenvalue weighted by atomic mass is 32.2. The van der Waals surface area contributed by atoms with Gasteiger partial charge < -0.3 is 14.2 Å². The van der Waals surface area contributed by atoms with Crippen molar-refractivity contribution in [2.45, 2.75) is 69.8 Å². The lowest BCUT2D eigenvalue weighted by molar-refractivity contribution is -0.201. The maximum absolute atomic E-state index is 13.6. The van der Waals surface area contributed by atoms with Gasteiger partial charge in [0.2, 0.25) is 0 Å². The first-order valence-electron chi connectivity index (χ1n) is 9.69. The molecule has 0 aromatic carbocycles. The maximum atomic E-state index is 13.6. The van der Waals surface area contributed by atoms with Gasteiger partial charge in [-0.1, -0.05) is 0 Å². The van der Waals surface area contributed by atoms with E-state index in [1.54, 1.807) is 0 Å². The van der Waals surface area contributed by atoms with Crippen LogP contribution >= 0.6 is 0 Å². The van der Waals surface area contributed by atoms with Gasteiger partial charge in [-0.2, -0.15) is 17.2 Å². The van der Waals surface area contributed by atoms with E-state index in [0.29, 0.717) is 25.4 Å². The molecule has 29 heavy (non-hydrogen) atoms. The minimum absolute atomic E-state index is 0.150. The van der Waals surface area contributed by atoms with Crippen molar-refractivity contribution >= 4 is 16.1 Å². The number of ether oxygens (including phenoxy) is 3. The fourth-order valence-electron chi connectivity index (χ4n) is 5.42. The molecule has 1 N–H and O–H groups in total. The summed E-state index contributed by atoms with van der Waals surface area (Å²) in [5.41, 5.74) is -0.606. The van der Waals surface area contributed by atoms with Crippen molar-refractivity contribution < 1.29 is 40.8 Å². The monoisotopic (exact) mass is 438 g/mol. The van der Waals surface area contributed by atoms with Crippen LogP contribution in [0.3, 0.4) is 0 Å². The molecule has 10 heteroatoms. The molecular weight excluding hydrogens is 410 g/mol. The second-order valence-corrected chi connectivity index (χ2v) is 11.2. The third-order valence-corrected chi connectivity index (χ3v) is 6.89. The Morgan fingerprint density at radius 3 is 2.21 bits per heavy atom. The number of carbonyl (C=O) groups excluding carboxylic acids is 1. The van der Waals surface area contributed by atoms with Crippen LogP contribution in [0.4, 0.5) is 8.78 Å². The van der Waals surface area contributed by atoms with Crippen LogP contribution in [0.5, 0.6) is 0 Å². The first-order valence-corrected chi connectivity index (χ1v) is 11.1. The molecule has 0 aliphatic heterocycles. The average Bonchev–Trinajstić information content (AvgIpc) is 2.53. The quantitative estimate of drug-likeness (QED) is 0.369. The van der Waals surface area contributed by atoms with Crippen LogP contribution < -0.4 is 0 Å². The standard InChI is InChI=1S/C19H28F2O7S/c1-11(28-17(2,3)4)26-10-18-7-12-5-13(8-18)15(14(6-12)9-18)27-16(22)19(20,21)29(23,24)25/h12-15H,1,5-10H2,2-4H3,(H,23,24,25). The molecule has 4 fully saturated rings. The average molecular weight is 438 g/mol. The molecule has 4 rings (SSSR count). The molecule has 0 amide bonds. The van der Waals surface area contributed by atoms with Crippen LogP contribution in [0.15, 0.2) is 12.5 Å². The van der Waals surface area contributed by atoms with Gasteiger partial charge in [0.25, 0.3) is 5.95 Å². The van der Waals surface area contributed by atoms with E-state index in [4.69, 9.17) is 18.8 Å². The van der Waals surface area contributed by atoms with E-state index in [-0.39, 0.29) is 23.2 Å². The van der Waals surface area contributed by atoms with E-state index in [1.165, 1.54) is 0 Å². The third-order valence-electron chi connectivity index (χ3n) is 6.08. The molecule has 4 saturated carbocycles. The smallest absolute Gasteiger partial charge is 0.465 e. The molecular formula is C19H28F2O7S. The molecule has 166 valence electrons. The topological polar surface area (TPSA) is 99.1 Å². The van der Waals surface area contributed by atoms with E-state index in [9.17, 15) is 22.0 Å². The molecule has 4 aliphatic rings. The highest BCUT2D eigenvalue weighted by molar-refractivity contribution is 7.87. The molecule has 0 spiro atoms. The molecule has 7 nitrogen and oxygen atoms in total. The van der Waals surface area contributed by atoms with Crippen LogP contribution in [-0.4, -0.2) is 42.5 Å². The summed E-state index contributed by atoms with van der Waals surface area (Å²) in [5, 5.41) is -4.97. The fourth-order valence-corrected chi connectivity index (χ4v) is 5.68. The van der Waals surface area contributed by atoms with Crippen molar-refractivity contribution in [1.29, 1.82) is 0 Å². The number of carbonyl (C=O) groups is 1. The number of halogens is 2. The Balaban J connectivity index is 1.66. The van der Waals surface area contributed by atoms with Crippen LogP contribution in [0.2, 0.25) is 0 Å². The van der Waals surface area contributed by atoms with E-state index >= 15 is 0 Å². The molecule has 2 unspecified atom stereocenters. The largest absolute Gasteiger partial charge is 0.465 e. The predicted octanol–water partition coefficient (Wildman–Crippen LogP) is 3.51. The summed E-state index contributed by atoms with van der Waals surface area (Å²) in [6, 6.07) is 0. The maximum Gasteiger partial charge on any atom is 0.465 e. The second kappa shape index (κ2) is 7.08. The van der Waals surface area contributed by atoms with E-state index < -0.39 is 33.0 Å². The predicted molar refractivity (Wildman–Crippen MR) is 98.3 cm³/mol. The van der Waals surface area contributed by atoms with E-state index in [1.807, 2.05) is 20.8 Å². The van der Waals surface area contributed by atoms with E-state index in [0.717, 1.165) is 19.3 Å². The van der Waals surface area contributed by atoms with Crippen LogP contribution in [0.25, 0.3) is 0 Å². The summed E-state index contributed by atoms with van der Waals surface area (Å²) < 4.78 is 73.8. The van der Waals surface area contributed by atoms with Gasteiger partial charge in [0.15, 0.2) is 0 Å². The van der Waals surface area contributed by atoms with Crippen molar-refractivity contribution in [3.05, 3.63) is 12.5 Å².